The monoisotopic (exact) mass is 309 g/mol. The Morgan fingerprint density at radius 2 is 1.74 bits per heavy atom. The first-order chi connectivity index (χ1) is 11.2. The second-order valence-electron chi connectivity index (χ2n) is 5.49. The van der Waals surface area contributed by atoms with Crippen LogP contribution in [0.15, 0.2) is 65.8 Å². The molecule has 0 saturated carbocycles. The van der Waals surface area contributed by atoms with Crippen LogP contribution in [0.1, 0.15) is 30.9 Å². The van der Waals surface area contributed by atoms with Crippen LogP contribution in [0.4, 0.5) is 0 Å². The van der Waals surface area contributed by atoms with E-state index in [2.05, 4.69) is 5.16 Å². The largest absolute Gasteiger partial charge is 0.463 e. The van der Waals surface area contributed by atoms with Gasteiger partial charge in [-0.15, -0.1) is 0 Å². The van der Waals surface area contributed by atoms with Gasteiger partial charge in [0.2, 0.25) is 0 Å². The molecule has 2 aromatic rings. The predicted octanol–water partition coefficient (Wildman–Crippen LogP) is 3.63. The van der Waals surface area contributed by atoms with Gasteiger partial charge in [-0.2, -0.15) is 0 Å². The maximum absolute atomic E-state index is 12.9. The maximum atomic E-state index is 12.9. The molecule has 2 atom stereocenters. The molecular formula is C19H19NO3. The van der Waals surface area contributed by atoms with E-state index in [1.54, 1.807) is 6.92 Å². The second-order valence-corrected chi connectivity index (χ2v) is 5.49. The van der Waals surface area contributed by atoms with Crippen molar-refractivity contribution in [3.8, 4) is 0 Å². The summed E-state index contributed by atoms with van der Waals surface area (Å²) in [6.45, 7) is 3.95. The Labute approximate surface area is 135 Å². The van der Waals surface area contributed by atoms with Gasteiger partial charge in [0.15, 0.2) is 0 Å². The lowest BCUT2D eigenvalue weighted by Crippen LogP contribution is -2.43. The minimum Gasteiger partial charge on any atom is -0.463 e. The summed E-state index contributed by atoms with van der Waals surface area (Å²) in [5.41, 5.74) is 1.20. The SMILES string of the molecule is CCOC(=O)[C@]1(c2ccccc2)ON=C(C)C1c1ccccc1. The van der Waals surface area contributed by atoms with Crippen molar-refractivity contribution in [2.24, 2.45) is 5.16 Å². The van der Waals surface area contributed by atoms with E-state index >= 15 is 0 Å². The van der Waals surface area contributed by atoms with Crippen molar-refractivity contribution in [1.82, 2.24) is 0 Å². The minimum atomic E-state index is -1.28. The molecule has 0 amide bonds. The highest BCUT2D eigenvalue weighted by molar-refractivity contribution is 5.99. The van der Waals surface area contributed by atoms with Gasteiger partial charge in [-0.3, -0.25) is 0 Å². The van der Waals surface area contributed by atoms with Crippen molar-refractivity contribution in [3.05, 3.63) is 71.8 Å². The summed E-state index contributed by atoms with van der Waals surface area (Å²) >= 11 is 0. The van der Waals surface area contributed by atoms with Crippen LogP contribution in [0.2, 0.25) is 0 Å². The quantitative estimate of drug-likeness (QED) is 0.810. The van der Waals surface area contributed by atoms with Gasteiger partial charge in [-0.1, -0.05) is 65.8 Å². The van der Waals surface area contributed by atoms with Gasteiger partial charge in [0, 0.05) is 5.56 Å². The molecule has 0 radical (unpaired) electrons. The van der Waals surface area contributed by atoms with Crippen LogP contribution < -0.4 is 0 Å². The molecule has 1 unspecified atom stereocenters. The molecule has 0 fully saturated rings. The third-order valence-corrected chi connectivity index (χ3v) is 4.07. The predicted molar refractivity (Wildman–Crippen MR) is 88.1 cm³/mol. The average molecular weight is 309 g/mol. The summed E-state index contributed by atoms with van der Waals surface area (Å²) in [4.78, 5) is 18.6. The Morgan fingerprint density at radius 1 is 1.13 bits per heavy atom. The van der Waals surface area contributed by atoms with Gasteiger partial charge in [0.1, 0.15) is 0 Å². The molecule has 4 nitrogen and oxygen atoms in total. The van der Waals surface area contributed by atoms with Crippen LogP contribution in [-0.2, 0) is 20.0 Å². The first kappa shape index (κ1) is 15.3. The van der Waals surface area contributed by atoms with E-state index in [4.69, 9.17) is 9.57 Å². The fourth-order valence-electron chi connectivity index (χ4n) is 3.08. The fourth-order valence-corrected chi connectivity index (χ4v) is 3.08. The summed E-state index contributed by atoms with van der Waals surface area (Å²) in [5.74, 6) is -0.731. The van der Waals surface area contributed by atoms with Crippen molar-refractivity contribution >= 4 is 11.7 Å². The summed E-state index contributed by atoms with van der Waals surface area (Å²) < 4.78 is 5.35. The van der Waals surface area contributed by atoms with Crippen LogP contribution in [0.5, 0.6) is 0 Å². The van der Waals surface area contributed by atoms with Crippen molar-refractivity contribution < 1.29 is 14.4 Å². The molecule has 0 bridgehead atoms. The number of carbonyl (C=O) groups excluding carboxylic acids is 1. The van der Waals surface area contributed by atoms with Crippen molar-refractivity contribution in [3.63, 3.8) is 0 Å². The van der Waals surface area contributed by atoms with Crippen LogP contribution in [0.3, 0.4) is 0 Å². The van der Waals surface area contributed by atoms with Gasteiger partial charge < -0.3 is 9.57 Å². The van der Waals surface area contributed by atoms with Gasteiger partial charge in [-0.25, -0.2) is 4.79 Å². The number of carbonyl (C=O) groups is 1. The molecule has 1 aliphatic heterocycles. The Bertz CT molecular complexity index is 712. The van der Waals surface area contributed by atoms with E-state index in [1.807, 2.05) is 67.6 Å². The molecule has 118 valence electrons. The molecule has 1 aliphatic rings. The molecule has 0 aliphatic carbocycles. The third kappa shape index (κ3) is 2.50. The van der Waals surface area contributed by atoms with Gasteiger partial charge >= 0.3 is 5.97 Å². The van der Waals surface area contributed by atoms with Crippen LogP contribution in [0, 0.1) is 0 Å². The normalized spacial score (nSPS) is 23.0. The first-order valence-electron chi connectivity index (χ1n) is 7.70. The molecule has 4 heteroatoms. The van der Waals surface area contributed by atoms with Crippen LogP contribution in [0.25, 0.3) is 0 Å². The topological polar surface area (TPSA) is 47.9 Å². The van der Waals surface area contributed by atoms with Crippen molar-refractivity contribution in [1.29, 1.82) is 0 Å². The molecular weight excluding hydrogens is 290 g/mol. The summed E-state index contributed by atoms with van der Waals surface area (Å²) in [5, 5.41) is 4.14. The number of nitrogens with zero attached hydrogens (tertiary/aromatic N) is 1. The highest BCUT2D eigenvalue weighted by atomic mass is 16.7. The van der Waals surface area contributed by atoms with Gasteiger partial charge in [-0.05, 0) is 19.4 Å². The standard InChI is InChI=1S/C19H19NO3/c1-3-22-18(21)19(16-12-8-5-9-13-16)17(14(2)20-23-19)15-10-6-4-7-11-15/h4-13,17H,3H2,1-2H3/t17?,19-/m1/s1. The van der Waals surface area contributed by atoms with Gasteiger partial charge in [0.25, 0.3) is 5.60 Å². The van der Waals surface area contributed by atoms with Crippen LogP contribution >= 0.6 is 0 Å². The zero-order valence-corrected chi connectivity index (χ0v) is 13.2. The zero-order chi connectivity index (χ0) is 16.3. The number of hydrogen-bond acceptors (Lipinski definition) is 4. The number of hydrogen-bond donors (Lipinski definition) is 0. The van der Waals surface area contributed by atoms with E-state index in [1.165, 1.54) is 0 Å². The molecule has 0 spiro atoms. The van der Waals surface area contributed by atoms with Crippen LogP contribution in [-0.4, -0.2) is 18.3 Å². The Morgan fingerprint density at radius 3 is 2.35 bits per heavy atom. The van der Waals surface area contributed by atoms with E-state index in [-0.39, 0.29) is 12.5 Å². The summed E-state index contributed by atoms with van der Waals surface area (Å²) in [6, 6.07) is 19.2. The summed E-state index contributed by atoms with van der Waals surface area (Å²) in [7, 11) is 0. The number of ether oxygens (including phenoxy) is 1. The Balaban J connectivity index is 2.17. The lowest BCUT2D eigenvalue weighted by molar-refractivity contribution is -0.172. The molecule has 2 aromatic carbocycles. The maximum Gasteiger partial charge on any atom is 0.359 e. The van der Waals surface area contributed by atoms with E-state index in [0.717, 1.165) is 16.8 Å². The summed E-state index contributed by atoms with van der Waals surface area (Å²) in [6.07, 6.45) is 0. The molecule has 0 saturated heterocycles. The number of esters is 1. The van der Waals surface area contributed by atoms with Gasteiger partial charge in [0.05, 0.1) is 18.2 Å². The smallest absolute Gasteiger partial charge is 0.359 e. The third-order valence-electron chi connectivity index (χ3n) is 4.07. The number of rotatable bonds is 4. The molecule has 1 heterocycles. The fraction of sp³-hybridized carbons (Fsp3) is 0.263. The zero-order valence-electron chi connectivity index (χ0n) is 13.2. The average Bonchev–Trinajstić information content (AvgIpc) is 2.95. The Kier molecular flexibility index (Phi) is 4.15. The van der Waals surface area contributed by atoms with Crippen molar-refractivity contribution in [2.75, 3.05) is 6.61 Å². The van der Waals surface area contributed by atoms with E-state index in [0.29, 0.717) is 0 Å². The van der Waals surface area contributed by atoms with E-state index < -0.39 is 11.6 Å². The van der Waals surface area contributed by atoms with E-state index in [9.17, 15) is 4.79 Å². The highest BCUT2D eigenvalue weighted by Crippen LogP contribution is 2.46. The van der Waals surface area contributed by atoms with Crippen molar-refractivity contribution in [2.45, 2.75) is 25.4 Å². The number of oxime groups is 1. The number of benzene rings is 2. The highest BCUT2D eigenvalue weighted by Gasteiger charge is 2.57. The minimum absolute atomic E-state index is 0.289. The Hall–Kier alpha value is -2.62. The first-order valence-corrected chi connectivity index (χ1v) is 7.70. The lowest BCUT2D eigenvalue weighted by atomic mass is 9.75. The molecule has 0 aromatic heterocycles. The molecule has 3 rings (SSSR count). The molecule has 0 N–H and O–H groups in total. The molecule has 23 heavy (non-hydrogen) atoms. The lowest BCUT2D eigenvalue weighted by Gasteiger charge is -2.31. The second kappa shape index (κ2) is 6.24.